The van der Waals surface area contributed by atoms with Crippen LogP contribution in [0.15, 0.2) is 47.6 Å². The smallest absolute Gasteiger partial charge is 0.325 e. The highest BCUT2D eigenvalue weighted by atomic mass is 32.2. The lowest BCUT2D eigenvalue weighted by Crippen LogP contribution is -2.12. The molecule has 3 aromatic rings. The molecule has 0 saturated carbocycles. The highest BCUT2D eigenvalue weighted by Crippen LogP contribution is 2.25. The number of aromatic nitrogens is 2. The quantitative estimate of drug-likeness (QED) is 0.357. The van der Waals surface area contributed by atoms with Crippen LogP contribution in [0.3, 0.4) is 0 Å². The molecule has 1 heterocycles. The molecule has 0 atom stereocenters. The average Bonchev–Trinajstić information content (AvgIpc) is 2.99. The number of methoxy groups -OCH3 is 1. The number of rotatable bonds is 7. The van der Waals surface area contributed by atoms with Crippen molar-refractivity contribution in [1.82, 2.24) is 9.55 Å². The molecule has 0 saturated heterocycles. The van der Waals surface area contributed by atoms with Gasteiger partial charge in [-0.3, -0.25) is 4.79 Å². The first-order chi connectivity index (χ1) is 12.6. The van der Waals surface area contributed by atoms with Gasteiger partial charge in [0.1, 0.15) is 12.3 Å². The molecule has 0 aliphatic heterocycles. The Morgan fingerprint density at radius 1 is 1.19 bits per heavy atom. The van der Waals surface area contributed by atoms with E-state index in [4.69, 9.17) is 9.47 Å². The molecule has 3 rings (SSSR count). The van der Waals surface area contributed by atoms with Gasteiger partial charge in [0.2, 0.25) is 0 Å². The third kappa shape index (κ3) is 4.19. The molecule has 26 heavy (non-hydrogen) atoms. The Kier molecular flexibility index (Phi) is 5.83. The van der Waals surface area contributed by atoms with Crippen LogP contribution in [0.25, 0.3) is 11.0 Å². The minimum absolute atomic E-state index is 0.150. The number of para-hydroxylation sites is 2. The van der Waals surface area contributed by atoms with E-state index in [0.717, 1.165) is 33.3 Å². The molecule has 0 aliphatic carbocycles. The molecule has 0 bridgehead atoms. The number of benzene rings is 2. The summed E-state index contributed by atoms with van der Waals surface area (Å²) in [5.74, 6) is 1.35. The number of thioether (sulfide) groups is 1. The summed E-state index contributed by atoms with van der Waals surface area (Å²) in [6, 6.07) is 14.0. The van der Waals surface area contributed by atoms with E-state index >= 15 is 0 Å². The Hall–Kier alpha value is -2.47. The summed E-state index contributed by atoms with van der Waals surface area (Å²) in [6.07, 6.45) is 0. The molecule has 2 aromatic carbocycles. The van der Waals surface area contributed by atoms with Crippen molar-refractivity contribution in [2.24, 2.45) is 0 Å². The first-order valence-electron chi connectivity index (χ1n) is 8.43. The molecule has 0 unspecified atom stereocenters. The van der Waals surface area contributed by atoms with E-state index in [2.05, 4.69) is 24.0 Å². The number of esters is 1. The van der Waals surface area contributed by atoms with Crippen LogP contribution < -0.4 is 4.74 Å². The van der Waals surface area contributed by atoms with E-state index in [1.807, 2.05) is 41.8 Å². The summed E-state index contributed by atoms with van der Waals surface area (Å²) in [5, 5.41) is 0.793. The molecule has 1 aromatic heterocycles. The number of hydrogen-bond donors (Lipinski definition) is 0. The van der Waals surface area contributed by atoms with Crippen molar-refractivity contribution in [3.8, 4) is 5.75 Å². The molecule has 5 nitrogen and oxygen atoms in total. The SMILES string of the molecule is COC(=O)Cn1c(SCCOc2cc(C)ccc2C)nc2ccccc21. The highest BCUT2D eigenvalue weighted by Gasteiger charge is 2.14. The number of ether oxygens (including phenoxy) is 2. The number of carbonyl (C=O) groups is 1. The van der Waals surface area contributed by atoms with E-state index in [1.54, 1.807) is 11.8 Å². The van der Waals surface area contributed by atoms with Gasteiger partial charge in [0.15, 0.2) is 5.16 Å². The van der Waals surface area contributed by atoms with Crippen LogP contribution in [0.4, 0.5) is 0 Å². The van der Waals surface area contributed by atoms with Crippen LogP contribution in [0.2, 0.25) is 0 Å². The molecule has 136 valence electrons. The van der Waals surface area contributed by atoms with Crippen LogP contribution in [-0.4, -0.2) is 35.0 Å². The van der Waals surface area contributed by atoms with Crippen LogP contribution in [-0.2, 0) is 16.1 Å². The summed E-state index contributed by atoms with van der Waals surface area (Å²) in [7, 11) is 1.40. The van der Waals surface area contributed by atoms with Crippen molar-refractivity contribution in [3.05, 3.63) is 53.6 Å². The summed E-state index contributed by atoms with van der Waals surface area (Å²) in [4.78, 5) is 16.4. The molecule has 0 N–H and O–H groups in total. The van der Waals surface area contributed by atoms with Gasteiger partial charge in [0.25, 0.3) is 0 Å². The van der Waals surface area contributed by atoms with Crippen LogP contribution in [0.1, 0.15) is 11.1 Å². The number of carbonyl (C=O) groups excluding carboxylic acids is 1. The first-order valence-corrected chi connectivity index (χ1v) is 9.42. The topological polar surface area (TPSA) is 53.4 Å². The van der Waals surface area contributed by atoms with E-state index < -0.39 is 0 Å². The zero-order valence-corrected chi connectivity index (χ0v) is 16.0. The first kappa shape index (κ1) is 18.3. The molecule has 0 amide bonds. The monoisotopic (exact) mass is 370 g/mol. The average molecular weight is 370 g/mol. The van der Waals surface area contributed by atoms with Gasteiger partial charge in [-0.25, -0.2) is 4.98 Å². The second kappa shape index (κ2) is 8.27. The number of aryl methyl sites for hydroxylation is 2. The van der Waals surface area contributed by atoms with E-state index in [0.29, 0.717) is 6.61 Å². The Bertz CT molecular complexity index is 921. The lowest BCUT2D eigenvalue weighted by molar-refractivity contribution is -0.141. The van der Waals surface area contributed by atoms with Crippen LogP contribution >= 0.6 is 11.8 Å². The Labute approximate surface area is 157 Å². The van der Waals surface area contributed by atoms with Crippen molar-refractivity contribution in [2.45, 2.75) is 25.5 Å². The Morgan fingerprint density at radius 3 is 2.81 bits per heavy atom. The number of fused-ring (bicyclic) bond motifs is 1. The Morgan fingerprint density at radius 2 is 2.00 bits per heavy atom. The van der Waals surface area contributed by atoms with Gasteiger partial charge in [-0.15, -0.1) is 0 Å². The van der Waals surface area contributed by atoms with Gasteiger partial charge < -0.3 is 14.0 Å². The van der Waals surface area contributed by atoms with Crippen molar-refractivity contribution < 1.29 is 14.3 Å². The predicted octanol–water partition coefficient (Wildman–Crippen LogP) is 4.00. The zero-order chi connectivity index (χ0) is 18.5. The van der Waals surface area contributed by atoms with Crippen LogP contribution in [0.5, 0.6) is 5.75 Å². The summed E-state index contributed by atoms with van der Waals surface area (Å²) in [6.45, 7) is 4.81. The third-order valence-electron chi connectivity index (χ3n) is 4.05. The molecule has 0 radical (unpaired) electrons. The number of imidazole rings is 1. The fraction of sp³-hybridized carbons (Fsp3) is 0.300. The van der Waals surface area contributed by atoms with Crippen molar-refractivity contribution in [2.75, 3.05) is 19.5 Å². The highest BCUT2D eigenvalue weighted by molar-refractivity contribution is 7.99. The minimum Gasteiger partial charge on any atom is -0.492 e. The third-order valence-corrected chi connectivity index (χ3v) is 4.99. The van der Waals surface area contributed by atoms with Gasteiger partial charge in [-0.2, -0.15) is 0 Å². The summed E-state index contributed by atoms with van der Waals surface area (Å²) < 4.78 is 12.6. The normalized spacial score (nSPS) is 10.9. The zero-order valence-electron chi connectivity index (χ0n) is 15.2. The lowest BCUT2D eigenvalue weighted by Gasteiger charge is -2.10. The maximum absolute atomic E-state index is 11.8. The van der Waals surface area contributed by atoms with Gasteiger partial charge in [-0.05, 0) is 43.2 Å². The molecular formula is C20H22N2O3S. The van der Waals surface area contributed by atoms with Gasteiger partial charge in [-0.1, -0.05) is 36.0 Å². The van der Waals surface area contributed by atoms with Gasteiger partial charge >= 0.3 is 5.97 Å². The second-order valence-corrected chi connectivity index (χ2v) is 7.07. The maximum Gasteiger partial charge on any atom is 0.325 e. The van der Waals surface area contributed by atoms with Crippen LogP contribution in [0, 0.1) is 13.8 Å². The van der Waals surface area contributed by atoms with Gasteiger partial charge in [0, 0.05) is 5.75 Å². The maximum atomic E-state index is 11.8. The largest absolute Gasteiger partial charge is 0.492 e. The van der Waals surface area contributed by atoms with E-state index in [-0.39, 0.29) is 12.5 Å². The van der Waals surface area contributed by atoms with Crippen molar-refractivity contribution in [1.29, 1.82) is 0 Å². The Balaban J connectivity index is 1.69. The standard InChI is InChI=1S/C20H22N2O3S/c1-14-8-9-15(2)18(12-14)25-10-11-26-20-21-16-6-4-5-7-17(16)22(20)13-19(23)24-3/h4-9,12H,10-11,13H2,1-3H3. The molecular weight excluding hydrogens is 348 g/mol. The fourth-order valence-electron chi connectivity index (χ4n) is 2.66. The molecule has 0 aliphatic rings. The van der Waals surface area contributed by atoms with Crippen molar-refractivity contribution in [3.63, 3.8) is 0 Å². The van der Waals surface area contributed by atoms with Crippen molar-refractivity contribution >= 4 is 28.8 Å². The molecule has 0 fully saturated rings. The summed E-state index contributed by atoms with van der Waals surface area (Å²) in [5.41, 5.74) is 4.10. The van der Waals surface area contributed by atoms with Gasteiger partial charge in [0.05, 0.1) is 24.8 Å². The number of nitrogens with zero attached hydrogens (tertiary/aromatic N) is 2. The predicted molar refractivity (Wildman–Crippen MR) is 104 cm³/mol. The fourth-order valence-corrected chi connectivity index (χ4v) is 3.49. The van der Waals surface area contributed by atoms with E-state index in [1.165, 1.54) is 12.7 Å². The number of hydrogen-bond acceptors (Lipinski definition) is 5. The minimum atomic E-state index is -0.290. The lowest BCUT2D eigenvalue weighted by atomic mass is 10.1. The second-order valence-electron chi connectivity index (χ2n) is 6.01. The molecule has 6 heteroatoms. The summed E-state index contributed by atoms with van der Waals surface area (Å²) >= 11 is 1.57. The molecule has 0 spiro atoms. The van der Waals surface area contributed by atoms with E-state index in [9.17, 15) is 4.79 Å².